The van der Waals surface area contributed by atoms with Crippen molar-refractivity contribution in [2.75, 3.05) is 17.2 Å². The van der Waals surface area contributed by atoms with Crippen LogP contribution in [0.2, 0.25) is 0 Å². The zero-order valence-electron chi connectivity index (χ0n) is 18.6. The first-order valence-corrected chi connectivity index (χ1v) is 11.7. The predicted molar refractivity (Wildman–Crippen MR) is 132 cm³/mol. The maximum atomic E-state index is 13.8. The predicted octanol–water partition coefficient (Wildman–Crippen LogP) is 6.38. The number of amides is 2. The van der Waals surface area contributed by atoms with Gasteiger partial charge in [0.15, 0.2) is 0 Å². The van der Waals surface area contributed by atoms with Gasteiger partial charge in [-0.2, -0.15) is 0 Å². The van der Waals surface area contributed by atoms with Crippen LogP contribution in [0.3, 0.4) is 0 Å². The number of nitrogens with one attached hydrogen (secondary N) is 2. The van der Waals surface area contributed by atoms with Crippen LogP contribution in [0.25, 0.3) is 0 Å². The van der Waals surface area contributed by atoms with E-state index < -0.39 is 11.7 Å². The minimum atomic E-state index is -0.569. The van der Waals surface area contributed by atoms with Crippen molar-refractivity contribution in [3.05, 3.63) is 84.2 Å². The topological polar surface area (TPSA) is 67.4 Å². The van der Waals surface area contributed by atoms with Gasteiger partial charge < -0.3 is 15.4 Å². The van der Waals surface area contributed by atoms with E-state index in [2.05, 4.69) is 17.6 Å². The number of benzene rings is 3. The summed E-state index contributed by atoms with van der Waals surface area (Å²) >= 11 is 1.40. The van der Waals surface area contributed by atoms with E-state index in [9.17, 15) is 14.0 Å². The van der Waals surface area contributed by atoms with Gasteiger partial charge in [0.1, 0.15) is 11.6 Å². The minimum absolute atomic E-state index is 0.0122. The lowest BCUT2D eigenvalue weighted by Gasteiger charge is -2.13. The van der Waals surface area contributed by atoms with E-state index in [4.69, 9.17) is 4.74 Å². The molecule has 3 aromatic carbocycles. The first-order chi connectivity index (χ1) is 16.0. The van der Waals surface area contributed by atoms with Gasteiger partial charge in [-0.15, -0.1) is 11.8 Å². The molecule has 0 bridgehead atoms. The van der Waals surface area contributed by atoms with Crippen LogP contribution >= 0.6 is 11.8 Å². The molecule has 172 valence electrons. The lowest BCUT2D eigenvalue weighted by molar-refractivity contribution is -0.115. The third-order valence-electron chi connectivity index (χ3n) is 4.80. The Bertz CT molecular complexity index is 1070. The minimum Gasteiger partial charge on any atom is -0.494 e. The molecule has 1 unspecified atom stereocenters. The number of carbonyl (C=O) groups is 2. The molecule has 33 heavy (non-hydrogen) atoms. The van der Waals surface area contributed by atoms with E-state index in [1.807, 2.05) is 43.3 Å². The Kier molecular flexibility index (Phi) is 8.89. The van der Waals surface area contributed by atoms with Crippen molar-refractivity contribution >= 4 is 35.0 Å². The van der Waals surface area contributed by atoms with E-state index in [0.29, 0.717) is 18.0 Å². The Morgan fingerprint density at radius 3 is 2.24 bits per heavy atom. The van der Waals surface area contributed by atoms with Crippen LogP contribution in [0.5, 0.6) is 5.75 Å². The van der Waals surface area contributed by atoms with Gasteiger partial charge >= 0.3 is 0 Å². The summed E-state index contributed by atoms with van der Waals surface area (Å²) < 4.78 is 19.4. The van der Waals surface area contributed by atoms with E-state index in [-0.39, 0.29) is 16.7 Å². The molecule has 3 aromatic rings. The normalized spacial score (nSPS) is 11.5. The van der Waals surface area contributed by atoms with Crippen LogP contribution in [0.1, 0.15) is 37.0 Å². The van der Waals surface area contributed by atoms with Gasteiger partial charge in [0.25, 0.3) is 5.91 Å². The molecular weight excluding hydrogens is 439 g/mol. The molecule has 0 heterocycles. The van der Waals surface area contributed by atoms with Crippen LogP contribution in [-0.4, -0.2) is 23.7 Å². The largest absolute Gasteiger partial charge is 0.494 e. The van der Waals surface area contributed by atoms with Crippen molar-refractivity contribution in [1.29, 1.82) is 0 Å². The van der Waals surface area contributed by atoms with Gasteiger partial charge in [0.2, 0.25) is 5.91 Å². The fourth-order valence-electron chi connectivity index (χ4n) is 2.93. The second-order valence-corrected chi connectivity index (χ2v) is 8.85. The van der Waals surface area contributed by atoms with E-state index in [0.717, 1.165) is 23.5 Å². The van der Waals surface area contributed by atoms with Crippen molar-refractivity contribution in [1.82, 2.24) is 0 Å². The van der Waals surface area contributed by atoms with Gasteiger partial charge in [-0.3, -0.25) is 9.59 Å². The number of halogens is 1. The number of rotatable bonds is 10. The lowest BCUT2D eigenvalue weighted by Crippen LogP contribution is -2.22. The molecule has 0 fully saturated rings. The zero-order chi connectivity index (χ0) is 23.6. The third-order valence-corrected chi connectivity index (χ3v) is 5.91. The number of hydrogen-bond acceptors (Lipinski definition) is 4. The van der Waals surface area contributed by atoms with Crippen LogP contribution in [0.4, 0.5) is 15.8 Å². The number of unbranched alkanes of at least 4 members (excludes halogenated alkanes) is 1. The number of ether oxygens (including phenoxy) is 1. The average molecular weight is 467 g/mol. The Labute approximate surface area is 197 Å². The van der Waals surface area contributed by atoms with Crippen LogP contribution in [0, 0.1) is 5.82 Å². The van der Waals surface area contributed by atoms with Crippen molar-refractivity contribution in [2.24, 2.45) is 0 Å². The molecule has 3 rings (SSSR count). The average Bonchev–Trinajstić information content (AvgIpc) is 2.82. The van der Waals surface area contributed by atoms with E-state index in [1.54, 1.807) is 18.2 Å². The van der Waals surface area contributed by atoms with Crippen molar-refractivity contribution in [3.63, 3.8) is 0 Å². The van der Waals surface area contributed by atoms with Crippen LogP contribution < -0.4 is 15.4 Å². The highest BCUT2D eigenvalue weighted by Crippen LogP contribution is 2.26. The van der Waals surface area contributed by atoms with E-state index >= 15 is 0 Å². The van der Waals surface area contributed by atoms with E-state index in [1.165, 1.54) is 30.0 Å². The highest BCUT2D eigenvalue weighted by Gasteiger charge is 2.15. The fraction of sp³-hybridized carbons (Fsp3) is 0.231. The second-order valence-electron chi connectivity index (χ2n) is 7.43. The highest BCUT2D eigenvalue weighted by molar-refractivity contribution is 8.00. The monoisotopic (exact) mass is 466 g/mol. The second kappa shape index (κ2) is 12.1. The number of thioether (sulfide) groups is 1. The smallest absolute Gasteiger partial charge is 0.258 e. The molecule has 2 amide bonds. The zero-order valence-corrected chi connectivity index (χ0v) is 19.5. The summed E-state index contributed by atoms with van der Waals surface area (Å²) in [6, 6.07) is 20.2. The molecule has 0 aliphatic rings. The molecule has 7 heteroatoms. The molecule has 0 saturated heterocycles. The Hall–Kier alpha value is -3.32. The number of anilines is 2. The highest BCUT2D eigenvalue weighted by atomic mass is 32.2. The van der Waals surface area contributed by atoms with Crippen molar-refractivity contribution < 1.29 is 18.7 Å². The molecule has 0 aliphatic carbocycles. The van der Waals surface area contributed by atoms with Crippen molar-refractivity contribution in [2.45, 2.75) is 36.8 Å². The Morgan fingerprint density at radius 2 is 1.58 bits per heavy atom. The Balaban J connectivity index is 1.50. The maximum Gasteiger partial charge on any atom is 0.258 e. The summed E-state index contributed by atoms with van der Waals surface area (Å²) in [4.78, 5) is 25.7. The van der Waals surface area contributed by atoms with Crippen LogP contribution in [0.15, 0.2) is 77.7 Å². The van der Waals surface area contributed by atoms with Gasteiger partial charge in [-0.1, -0.05) is 25.5 Å². The molecule has 0 radical (unpaired) electrons. The fourth-order valence-corrected chi connectivity index (χ4v) is 3.80. The molecule has 2 N–H and O–H groups in total. The first kappa shape index (κ1) is 24.3. The lowest BCUT2D eigenvalue weighted by atomic mass is 10.2. The van der Waals surface area contributed by atoms with Gasteiger partial charge in [-0.25, -0.2) is 4.39 Å². The number of carbonyl (C=O) groups excluding carboxylic acids is 2. The standard InChI is InChI=1S/C26H27FN2O3S/c1-3-4-17-32-21-13-9-19(10-14-21)28-25(30)18(2)33-22-15-11-20(12-16-22)29-26(31)23-7-5-6-8-24(23)27/h5-16,18H,3-4,17H2,1-2H3,(H,28,30)(H,29,31). The Morgan fingerprint density at radius 1 is 0.939 bits per heavy atom. The molecule has 0 aromatic heterocycles. The summed E-state index contributed by atoms with van der Waals surface area (Å²) in [5, 5.41) is 5.26. The molecule has 5 nitrogen and oxygen atoms in total. The van der Waals surface area contributed by atoms with Crippen molar-refractivity contribution in [3.8, 4) is 5.75 Å². The molecular formula is C26H27FN2O3S. The van der Waals surface area contributed by atoms with Gasteiger partial charge in [0, 0.05) is 16.3 Å². The summed E-state index contributed by atoms with van der Waals surface area (Å²) in [5.74, 6) is -0.411. The first-order valence-electron chi connectivity index (χ1n) is 10.8. The summed E-state index contributed by atoms with van der Waals surface area (Å²) in [6.07, 6.45) is 2.08. The third kappa shape index (κ3) is 7.36. The summed E-state index contributed by atoms with van der Waals surface area (Å²) in [6.45, 7) is 4.62. The van der Waals surface area contributed by atoms with Gasteiger partial charge in [-0.05, 0) is 74.0 Å². The molecule has 1 atom stereocenters. The quantitative estimate of drug-likeness (QED) is 0.269. The maximum absolute atomic E-state index is 13.8. The summed E-state index contributed by atoms with van der Waals surface area (Å²) in [5.41, 5.74) is 1.24. The molecule has 0 aliphatic heterocycles. The molecule has 0 saturated carbocycles. The number of hydrogen-bond donors (Lipinski definition) is 2. The summed E-state index contributed by atoms with van der Waals surface area (Å²) in [7, 11) is 0. The van der Waals surface area contributed by atoms with Crippen LogP contribution in [-0.2, 0) is 4.79 Å². The SMILES string of the molecule is CCCCOc1ccc(NC(=O)C(C)Sc2ccc(NC(=O)c3ccccc3F)cc2)cc1. The van der Waals surface area contributed by atoms with Gasteiger partial charge in [0.05, 0.1) is 17.4 Å². The molecule has 0 spiro atoms.